The molecular weight excluding hydrogens is 470 g/mol. The van der Waals surface area contributed by atoms with Crippen LogP contribution in [0.15, 0.2) is 29.1 Å². The second-order valence-electron chi connectivity index (χ2n) is 7.98. The molecular formula is C23H31N7O6. The molecule has 1 amide bonds. The number of nitrogens with two attached hydrogens (primary N) is 1. The van der Waals surface area contributed by atoms with Crippen LogP contribution >= 0.6 is 0 Å². The largest absolute Gasteiger partial charge is 0.466 e. The summed E-state index contributed by atoms with van der Waals surface area (Å²) in [6.07, 6.45) is 0.0455. The van der Waals surface area contributed by atoms with Gasteiger partial charge in [-0.25, -0.2) is 4.79 Å². The van der Waals surface area contributed by atoms with E-state index < -0.39 is 23.9 Å². The van der Waals surface area contributed by atoms with Crippen LogP contribution in [0.25, 0.3) is 0 Å². The third-order valence-electron chi connectivity index (χ3n) is 5.32. The second kappa shape index (κ2) is 12.4. The van der Waals surface area contributed by atoms with E-state index in [1.807, 2.05) is 0 Å². The molecule has 0 aliphatic carbocycles. The monoisotopic (exact) mass is 501 g/mol. The van der Waals surface area contributed by atoms with Gasteiger partial charge in [-0.3, -0.25) is 19.4 Å². The number of nitrogens with zero attached hydrogens (tertiary/aromatic N) is 1. The van der Waals surface area contributed by atoms with Gasteiger partial charge in [0.2, 0.25) is 5.95 Å². The van der Waals surface area contributed by atoms with Crippen LogP contribution in [0.5, 0.6) is 0 Å². The van der Waals surface area contributed by atoms with Crippen LogP contribution in [-0.2, 0) is 19.1 Å². The van der Waals surface area contributed by atoms with Crippen LogP contribution in [0.2, 0.25) is 0 Å². The minimum Gasteiger partial charge on any atom is -0.466 e. The number of H-pyrrole nitrogens is 1. The number of benzene rings is 1. The Balaban J connectivity index is 1.54. The molecule has 1 aliphatic heterocycles. The van der Waals surface area contributed by atoms with Gasteiger partial charge in [0.05, 0.1) is 19.3 Å². The number of carbonyl (C=O) groups excluding carboxylic acids is 3. The van der Waals surface area contributed by atoms with E-state index in [-0.39, 0.29) is 43.6 Å². The number of ether oxygens (including phenoxy) is 2. The van der Waals surface area contributed by atoms with Gasteiger partial charge in [-0.15, -0.1) is 0 Å². The summed E-state index contributed by atoms with van der Waals surface area (Å²) in [5.41, 5.74) is 6.63. The maximum Gasteiger partial charge on any atom is 0.328 e. The summed E-state index contributed by atoms with van der Waals surface area (Å²) < 4.78 is 9.90. The number of fused-ring (bicyclic) bond motifs is 1. The van der Waals surface area contributed by atoms with Gasteiger partial charge < -0.3 is 36.5 Å². The lowest BCUT2D eigenvalue weighted by atomic mass is 10.1. The Hall–Kier alpha value is -4.29. The molecule has 2 heterocycles. The molecule has 7 N–H and O–H groups in total. The van der Waals surface area contributed by atoms with Gasteiger partial charge in [-0.1, -0.05) is 0 Å². The fraction of sp³-hybridized carbons (Fsp3) is 0.435. The molecule has 2 unspecified atom stereocenters. The molecule has 13 heteroatoms. The highest BCUT2D eigenvalue weighted by Crippen LogP contribution is 2.20. The summed E-state index contributed by atoms with van der Waals surface area (Å²) in [5, 5.41) is 12.1. The summed E-state index contributed by atoms with van der Waals surface area (Å²) in [4.78, 5) is 55.2. The summed E-state index contributed by atoms with van der Waals surface area (Å²) in [6, 6.07) is 5.62. The number of carbonyl (C=O) groups is 3. The van der Waals surface area contributed by atoms with E-state index >= 15 is 0 Å². The number of nitrogens with one attached hydrogen (secondary N) is 5. The van der Waals surface area contributed by atoms with Crippen LogP contribution in [0, 0.1) is 0 Å². The third-order valence-corrected chi connectivity index (χ3v) is 5.32. The number of hydrogen-bond acceptors (Lipinski definition) is 11. The predicted molar refractivity (Wildman–Crippen MR) is 134 cm³/mol. The zero-order valence-corrected chi connectivity index (χ0v) is 20.2. The van der Waals surface area contributed by atoms with E-state index in [4.69, 9.17) is 15.2 Å². The topological polar surface area (TPSA) is 190 Å². The number of aromatic nitrogens is 2. The maximum atomic E-state index is 12.7. The van der Waals surface area contributed by atoms with Crippen molar-refractivity contribution in [1.29, 1.82) is 0 Å². The van der Waals surface area contributed by atoms with Crippen LogP contribution < -0.4 is 32.6 Å². The summed E-state index contributed by atoms with van der Waals surface area (Å²) in [5.74, 6) is -1.08. The van der Waals surface area contributed by atoms with Crippen LogP contribution in [0.1, 0.15) is 37.0 Å². The highest BCUT2D eigenvalue weighted by Gasteiger charge is 2.24. The van der Waals surface area contributed by atoms with E-state index in [1.54, 1.807) is 38.1 Å². The standard InChI is InChI=1S/C23H31N7O6/c1-3-35-17(31)10-9-16(22(34)36-4-2)28-20(32)13-5-7-14(8-6-13)25-11-15-12-26-19-18(27-15)21(33)30-23(24)29-19/h5-8,15-16,25,27H,3-4,9-12H2,1-2H3,(H,28,32)(H4,24,26,29,30,33). The Morgan fingerprint density at radius 2 is 1.89 bits per heavy atom. The van der Waals surface area contributed by atoms with E-state index in [1.165, 1.54) is 0 Å². The number of amides is 1. The van der Waals surface area contributed by atoms with E-state index in [9.17, 15) is 19.2 Å². The Kier molecular flexibility index (Phi) is 9.08. The molecule has 0 spiro atoms. The molecule has 2 aromatic rings. The SMILES string of the molecule is CCOC(=O)CCC(NC(=O)c1ccc(NCC2CNc3nc(N)[nH]c(=O)c3N2)cc1)C(=O)OCC. The number of anilines is 4. The van der Waals surface area contributed by atoms with Gasteiger partial charge in [0.1, 0.15) is 11.7 Å². The first-order valence-electron chi connectivity index (χ1n) is 11.7. The second-order valence-corrected chi connectivity index (χ2v) is 7.98. The Labute approximate surface area is 207 Å². The lowest BCUT2D eigenvalue weighted by Gasteiger charge is -2.27. The first-order chi connectivity index (χ1) is 17.3. The van der Waals surface area contributed by atoms with Crippen molar-refractivity contribution in [2.45, 2.75) is 38.8 Å². The van der Waals surface area contributed by atoms with Crippen molar-refractivity contribution < 1.29 is 23.9 Å². The quantitative estimate of drug-likeness (QED) is 0.237. The molecule has 1 aliphatic rings. The first-order valence-corrected chi connectivity index (χ1v) is 11.7. The van der Waals surface area contributed by atoms with Gasteiger partial charge in [0.25, 0.3) is 11.5 Å². The number of nitrogen functional groups attached to an aromatic ring is 1. The number of rotatable bonds is 11. The Bertz CT molecular complexity index is 1130. The normalized spacial score (nSPS) is 14.9. The average Bonchev–Trinajstić information content (AvgIpc) is 2.85. The summed E-state index contributed by atoms with van der Waals surface area (Å²) in [6.45, 7) is 4.76. The van der Waals surface area contributed by atoms with E-state index in [2.05, 4.69) is 31.2 Å². The Morgan fingerprint density at radius 1 is 1.17 bits per heavy atom. The molecule has 36 heavy (non-hydrogen) atoms. The molecule has 0 bridgehead atoms. The van der Waals surface area contributed by atoms with Crippen LogP contribution in [0.3, 0.4) is 0 Å². The van der Waals surface area contributed by atoms with Crippen molar-refractivity contribution in [2.24, 2.45) is 0 Å². The lowest BCUT2D eigenvalue weighted by molar-refractivity contribution is -0.146. The first kappa shape index (κ1) is 26.3. The van der Waals surface area contributed by atoms with Crippen molar-refractivity contribution in [2.75, 3.05) is 48.0 Å². The number of esters is 2. The zero-order chi connectivity index (χ0) is 26.1. The van der Waals surface area contributed by atoms with Gasteiger partial charge in [0.15, 0.2) is 5.82 Å². The van der Waals surface area contributed by atoms with E-state index in [0.29, 0.717) is 30.2 Å². The summed E-state index contributed by atoms with van der Waals surface area (Å²) >= 11 is 0. The third kappa shape index (κ3) is 7.10. The minimum absolute atomic E-state index is 0.0235. The highest BCUT2D eigenvalue weighted by atomic mass is 16.5. The predicted octanol–water partition coefficient (Wildman–Crippen LogP) is 0.675. The molecule has 1 aromatic heterocycles. The molecule has 0 radical (unpaired) electrons. The molecule has 0 saturated carbocycles. The number of aromatic amines is 1. The van der Waals surface area contributed by atoms with Crippen LogP contribution in [0.4, 0.5) is 23.1 Å². The van der Waals surface area contributed by atoms with Gasteiger partial charge in [-0.2, -0.15) is 4.98 Å². The smallest absolute Gasteiger partial charge is 0.328 e. The highest BCUT2D eigenvalue weighted by molar-refractivity contribution is 5.97. The fourth-order valence-electron chi connectivity index (χ4n) is 3.56. The molecule has 3 rings (SSSR count). The maximum absolute atomic E-state index is 12.7. The van der Waals surface area contributed by atoms with Gasteiger partial charge in [0, 0.05) is 30.8 Å². The Morgan fingerprint density at radius 3 is 2.58 bits per heavy atom. The van der Waals surface area contributed by atoms with Gasteiger partial charge >= 0.3 is 11.9 Å². The van der Waals surface area contributed by atoms with E-state index in [0.717, 1.165) is 5.69 Å². The number of hydrogen-bond donors (Lipinski definition) is 6. The lowest BCUT2D eigenvalue weighted by Crippen LogP contribution is -2.42. The van der Waals surface area contributed by atoms with Crippen molar-refractivity contribution in [3.63, 3.8) is 0 Å². The van der Waals surface area contributed by atoms with Gasteiger partial charge in [-0.05, 0) is 44.5 Å². The molecule has 0 saturated heterocycles. The van der Waals surface area contributed by atoms with Crippen molar-refractivity contribution in [3.8, 4) is 0 Å². The minimum atomic E-state index is -0.972. The molecule has 0 fully saturated rings. The average molecular weight is 502 g/mol. The fourth-order valence-corrected chi connectivity index (χ4v) is 3.56. The molecule has 13 nitrogen and oxygen atoms in total. The van der Waals surface area contributed by atoms with Crippen molar-refractivity contribution in [3.05, 3.63) is 40.2 Å². The molecule has 1 aromatic carbocycles. The molecule has 2 atom stereocenters. The summed E-state index contributed by atoms with van der Waals surface area (Å²) in [7, 11) is 0. The zero-order valence-electron chi connectivity index (χ0n) is 20.2. The van der Waals surface area contributed by atoms with Crippen molar-refractivity contribution >= 4 is 41.0 Å². The van der Waals surface area contributed by atoms with Crippen LogP contribution in [-0.4, -0.2) is 66.2 Å². The van der Waals surface area contributed by atoms with Crippen molar-refractivity contribution in [1.82, 2.24) is 15.3 Å². The molecule has 194 valence electrons.